The molecular weight excluding hydrogens is 367 g/mol. The van der Waals surface area contributed by atoms with Crippen LogP contribution >= 0.6 is 0 Å². The summed E-state index contributed by atoms with van der Waals surface area (Å²) in [5, 5.41) is 0. The van der Waals surface area contributed by atoms with Crippen LogP contribution in [0.5, 0.6) is 0 Å². The minimum Gasteiger partial charge on any atom is -0.369 e. The largest absolute Gasteiger partial charge is 0.416 e. The van der Waals surface area contributed by atoms with E-state index in [4.69, 9.17) is 0 Å². The van der Waals surface area contributed by atoms with E-state index in [9.17, 15) is 21.6 Å². The Morgan fingerprint density at radius 2 is 1.62 bits per heavy atom. The topological polar surface area (TPSA) is 53.5 Å². The Balaban J connectivity index is 1.81. The molecule has 0 radical (unpaired) electrons. The summed E-state index contributed by atoms with van der Waals surface area (Å²) in [5.41, 5.74) is 0.243. The van der Waals surface area contributed by atoms with E-state index in [-0.39, 0.29) is 23.5 Å². The van der Waals surface area contributed by atoms with E-state index < -0.39 is 21.8 Å². The number of alkyl halides is 3. The average Bonchev–Trinajstić information content (AvgIpc) is 2.61. The van der Waals surface area contributed by atoms with Crippen molar-refractivity contribution in [2.24, 2.45) is 0 Å². The summed E-state index contributed by atoms with van der Waals surface area (Å²) in [7, 11) is -3.98. The van der Waals surface area contributed by atoms with Gasteiger partial charge in [0.1, 0.15) is 0 Å². The Morgan fingerprint density at radius 1 is 1.00 bits per heavy atom. The molecule has 1 aromatic heterocycles. The number of benzene rings is 1. The van der Waals surface area contributed by atoms with Crippen molar-refractivity contribution >= 4 is 15.7 Å². The summed E-state index contributed by atoms with van der Waals surface area (Å²) in [6.07, 6.45) is -1.27. The number of pyridine rings is 1. The summed E-state index contributed by atoms with van der Waals surface area (Å²) in [4.78, 5) is 5.65. The van der Waals surface area contributed by atoms with Crippen molar-refractivity contribution in [2.75, 3.05) is 31.1 Å². The summed E-state index contributed by atoms with van der Waals surface area (Å²) in [6, 6.07) is 6.60. The number of aromatic nitrogens is 1. The standard InChI is InChI=1S/C17H18F3N3O2S/c1-13-10-14(17(18,19)20)12-16(11-13)26(24,25)23-8-6-22(7-9-23)15-2-4-21-5-3-15/h2-5,10-12H,6-9H2,1H3. The second-order valence-corrected chi connectivity index (χ2v) is 8.07. The van der Waals surface area contributed by atoms with Gasteiger partial charge in [-0.25, -0.2) is 8.42 Å². The van der Waals surface area contributed by atoms with Crippen molar-refractivity contribution in [2.45, 2.75) is 18.0 Å². The van der Waals surface area contributed by atoms with E-state index in [1.54, 1.807) is 12.4 Å². The van der Waals surface area contributed by atoms with Gasteiger partial charge in [-0.3, -0.25) is 4.98 Å². The van der Waals surface area contributed by atoms with Crippen molar-refractivity contribution < 1.29 is 21.6 Å². The Hall–Kier alpha value is -2.13. The minimum absolute atomic E-state index is 0.208. The van der Waals surface area contributed by atoms with Crippen LogP contribution in [0.1, 0.15) is 11.1 Å². The molecule has 0 atom stereocenters. The first kappa shape index (κ1) is 18.7. The summed E-state index contributed by atoms with van der Waals surface area (Å²) in [5.74, 6) is 0. The Kier molecular flexibility index (Phi) is 4.94. The number of piperazine rings is 1. The molecule has 2 aromatic rings. The second kappa shape index (κ2) is 6.88. The van der Waals surface area contributed by atoms with Crippen LogP contribution in [0, 0.1) is 6.92 Å². The van der Waals surface area contributed by atoms with E-state index >= 15 is 0 Å². The number of nitrogens with zero attached hydrogens (tertiary/aromatic N) is 3. The van der Waals surface area contributed by atoms with Gasteiger partial charge < -0.3 is 4.90 Å². The lowest BCUT2D eigenvalue weighted by atomic mass is 10.1. The van der Waals surface area contributed by atoms with Crippen LogP contribution in [0.2, 0.25) is 0 Å². The first-order chi connectivity index (χ1) is 12.2. The predicted molar refractivity (Wildman–Crippen MR) is 91.4 cm³/mol. The molecule has 0 amide bonds. The molecule has 1 saturated heterocycles. The number of halogens is 3. The fraction of sp³-hybridized carbons (Fsp3) is 0.353. The quantitative estimate of drug-likeness (QED) is 0.815. The monoisotopic (exact) mass is 385 g/mol. The first-order valence-corrected chi connectivity index (χ1v) is 9.46. The summed E-state index contributed by atoms with van der Waals surface area (Å²) < 4.78 is 65.8. The zero-order valence-electron chi connectivity index (χ0n) is 14.1. The number of hydrogen-bond donors (Lipinski definition) is 0. The highest BCUT2D eigenvalue weighted by molar-refractivity contribution is 7.89. The second-order valence-electron chi connectivity index (χ2n) is 6.13. The van der Waals surface area contributed by atoms with Gasteiger partial charge in [0.15, 0.2) is 0 Å². The molecule has 0 spiro atoms. The lowest BCUT2D eigenvalue weighted by Crippen LogP contribution is -2.48. The third kappa shape index (κ3) is 3.83. The third-order valence-electron chi connectivity index (χ3n) is 4.28. The van der Waals surface area contributed by atoms with E-state index in [2.05, 4.69) is 4.98 Å². The van der Waals surface area contributed by atoms with Crippen LogP contribution in [-0.2, 0) is 16.2 Å². The maximum atomic E-state index is 13.0. The van der Waals surface area contributed by atoms with Crippen LogP contribution in [0.3, 0.4) is 0 Å². The van der Waals surface area contributed by atoms with Crippen LogP contribution in [0.4, 0.5) is 18.9 Å². The fourth-order valence-electron chi connectivity index (χ4n) is 2.95. The number of rotatable bonds is 3. The molecule has 1 fully saturated rings. The first-order valence-electron chi connectivity index (χ1n) is 8.02. The van der Waals surface area contributed by atoms with Gasteiger partial charge in [0.2, 0.25) is 10.0 Å². The Bertz CT molecular complexity index is 878. The van der Waals surface area contributed by atoms with Gasteiger partial charge in [0, 0.05) is 44.3 Å². The fourth-order valence-corrected chi connectivity index (χ4v) is 4.50. The molecule has 9 heteroatoms. The molecule has 1 aliphatic heterocycles. The van der Waals surface area contributed by atoms with Crippen molar-refractivity contribution in [3.05, 3.63) is 53.9 Å². The molecule has 1 aliphatic rings. The normalized spacial score (nSPS) is 16.7. The molecule has 3 rings (SSSR count). The lowest BCUT2D eigenvalue weighted by molar-refractivity contribution is -0.137. The number of sulfonamides is 1. The molecule has 0 unspecified atom stereocenters. The molecule has 5 nitrogen and oxygen atoms in total. The van der Waals surface area contributed by atoms with Crippen molar-refractivity contribution in [1.82, 2.24) is 9.29 Å². The predicted octanol–water partition coefficient (Wildman–Crippen LogP) is 2.92. The van der Waals surface area contributed by atoms with Crippen LogP contribution in [0.25, 0.3) is 0 Å². The third-order valence-corrected chi connectivity index (χ3v) is 6.16. The number of anilines is 1. The van der Waals surface area contributed by atoms with Gasteiger partial charge in [-0.2, -0.15) is 17.5 Å². The van der Waals surface area contributed by atoms with Crippen LogP contribution < -0.4 is 4.90 Å². The van der Waals surface area contributed by atoms with Crippen LogP contribution in [-0.4, -0.2) is 43.9 Å². The van der Waals surface area contributed by atoms with Gasteiger partial charge in [0.05, 0.1) is 10.5 Å². The molecular formula is C17H18F3N3O2S. The van der Waals surface area contributed by atoms with E-state index in [1.807, 2.05) is 17.0 Å². The Labute approximate surface area is 150 Å². The molecule has 0 saturated carbocycles. The average molecular weight is 385 g/mol. The molecule has 2 heterocycles. The zero-order valence-corrected chi connectivity index (χ0v) is 14.9. The molecule has 1 aromatic carbocycles. The molecule has 0 aliphatic carbocycles. The maximum absolute atomic E-state index is 13.0. The highest BCUT2D eigenvalue weighted by Gasteiger charge is 2.34. The lowest BCUT2D eigenvalue weighted by Gasteiger charge is -2.35. The molecule has 140 valence electrons. The van der Waals surface area contributed by atoms with Gasteiger partial charge >= 0.3 is 6.18 Å². The zero-order chi connectivity index (χ0) is 18.9. The van der Waals surface area contributed by atoms with Crippen LogP contribution in [0.15, 0.2) is 47.6 Å². The summed E-state index contributed by atoms with van der Waals surface area (Å²) >= 11 is 0. The number of hydrogen-bond acceptors (Lipinski definition) is 4. The molecule has 26 heavy (non-hydrogen) atoms. The van der Waals surface area contributed by atoms with E-state index in [0.717, 1.165) is 11.8 Å². The van der Waals surface area contributed by atoms with E-state index in [1.165, 1.54) is 17.3 Å². The van der Waals surface area contributed by atoms with E-state index in [0.29, 0.717) is 19.2 Å². The molecule has 0 bridgehead atoms. The van der Waals surface area contributed by atoms with Gasteiger partial charge in [-0.1, -0.05) is 0 Å². The highest BCUT2D eigenvalue weighted by Crippen LogP contribution is 2.32. The smallest absolute Gasteiger partial charge is 0.369 e. The highest BCUT2D eigenvalue weighted by atomic mass is 32.2. The van der Waals surface area contributed by atoms with Gasteiger partial charge in [0.25, 0.3) is 0 Å². The van der Waals surface area contributed by atoms with Crippen molar-refractivity contribution in [1.29, 1.82) is 0 Å². The Morgan fingerprint density at radius 3 is 2.19 bits per heavy atom. The number of aryl methyl sites for hydroxylation is 1. The maximum Gasteiger partial charge on any atom is 0.416 e. The SMILES string of the molecule is Cc1cc(C(F)(F)F)cc(S(=O)(=O)N2CCN(c3ccncc3)CC2)c1. The summed E-state index contributed by atoms with van der Waals surface area (Å²) in [6.45, 7) is 2.79. The molecule has 0 N–H and O–H groups in total. The van der Waals surface area contributed by atoms with Gasteiger partial charge in [-0.05, 0) is 42.8 Å². The van der Waals surface area contributed by atoms with Crippen molar-refractivity contribution in [3.8, 4) is 0 Å². The minimum atomic E-state index is -4.59. The van der Waals surface area contributed by atoms with Gasteiger partial charge in [-0.15, -0.1) is 0 Å². The van der Waals surface area contributed by atoms with Crippen molar-refractivity contribution in [3.63, 3.8) is 0 Å².